The molecule has 1 fully saturated rings. The maximum atomic E-state index is 14.1. The molecule has 2 aliphatic heterocycles. The number of nitrogens with one attached hydrogen (secondary N) is 1. The van der Waals surface area contributed by atoms with Crippen LogP contribution in [0.5, 0.6) is 0 Å². The standard InChI is InChI=1S/C18H19FN4O4.In/c1-20-18(27)21-12-14(19)11-15(24)17(26)23-9-7-22(8-10-23)16(25)13-5-3-2-4-6-13;/h2-6,12H,7-10H2,1H3,(H2,20,21,27);/q;+1/p-1. The Morgan fingerprint density at radius 1 is 1.00 bits per heavy atom. The van der Waals surface area contributed by atoms with Crippen molar-refractivity contribution in [3.8, 4) is 0 Å². The van der Waals surface area contributed by atoms with E-state index in [0.717, 1.165) is 6.20 Å². The summed E-state index contributed by atoms with van der Waals surface area (Å²) in [5.41, 5.74) is 0.564. The van der Waals surface area contributed by atoms with Crippen molar-refractivity contribution in [3.63, 3.8) is 0 Å². The average molecular weight is 488 g/mol. The average Bonchev–Trinajstić information content (AvgIpc) is 3.14. The van der Waals surface area contributed by atoms with Crippen LogP contribution in [0, 0.1) is 0 Å². The third kappa shape index (κ3) is 4.16. The van der Waals surface area contributed by atoms with Crippen molar-refractivity contribution in [2.75, 3.05) is 33.2 Å². The van der Waals surface area contributed by atoms with Gasteiger partial charge >= 0.3 is 172 Å². The molecule has 0 bridgehead atoms. The second kappa shape index (κ2) is 8.68. The Balaban J connectivity index is 1.61. The summed E-state index contributed by atoms with van der Waals surface area (Å²) in [5, 5.41) is 2.37. The quantitative estimate of drug-likeness (QED) is 0.598. The van der Waals surface area contributed by atoms with Crippen molar-refractivity contribution in [3.05, 3.63) is 47.9 Å². The van der Waals surface area contributed by atoms with Crippen LogP contribution in [-0.4, -0.2) is 95.5 Å². The van der Waals surface area contributed by atoms with E-state index in [9.17, 15) is 23.6 Å². The van der Waals surface area contributed by atoms with Gasteiger partial charge < -0.3 is 0 Å². The van der Waals surface area contributed by atoms with Crippen molar-refractivity contribution >= 4 is 49.6 Å². The van der Waals surface area contributed by atoms with E-state index in [-0.39, 0.29) is 22.3 Å². The summed E-state index contributed by atoms with van der Waals surface area (Å²) in [7, 11) is 1.41. The zero-order chi connectivity index (χ0) is 20.3. The Labute approximate surface area is 172 Å². The molecule has 3 rings (SSSR count). The second-order valence-electron chi connectivity index (χ2n) is 6.26. The van der Waals surface area contributed by atoms with Gasteiger partial charge in [-0.05, 0) is 0 Å². The Morgan fingerprint density at radius 2 is 1.61 bits per heavy atom. The zero-order valence-corrected chi connectivity index (χ0v) is 18.5. The van der Waals surface area contributed by atoms with E-state index in [4.69, 9.17) is 0 Å². The molecule has 28 heavy (non-hydrogen) atoms. The van der Waals surface area contributed by atoms with Gasteiger partial charge in [0.05, 0.1) is 0 Å². The number of halogens is 1. The number of urea groups is 1. The van der Waals surface area contributed by atoms with E-state index in [1.54, 1.807) is 29.2 Å². The van der Waals surface area contributed by atoms with Crippen molar-refractivity contribution in [2.45, 2.75) is 0 Å². The fraction of sp³-hybridized carbons (Fsp3) is 0.278. The molecular formula is C18H18FInN4O4. The zero-order valence-electron chi connectivity index (χ0n) is 15.2. The van der Waals surface area contributed by atoms with Crippen LogP contribution in [0.25, 0.3) is 0 Å². The molecule has 4 amide bonds. The summed E-state index contributed by atoms with van der Waals surface area (Å²) in [4.78, 5) is 52.0. The first-order chi connectivity index (χ1) is 13.4. The van der Waals surface area contributed by atoms with E-state index in [1.807, 2.05) is 6.07 Å². The van der Waals surface area contributed by atoms with Gasteiger partial charge in [-0.25, -0.2) is 0 Å². The van der Waals surface area contributed by atoms with E-state index in [0.29, 0.717) is 18.7 Å². The molecule has 0 spiro atoms. The molecule has 2 aliphatic rings. The summed E-state index contributed by atoms with van der Waals surface area (Å²) in [5.74, 6) is -2.60. The second-order valence-corrected chi connectivity index (χ2v) is 10.2. The molecule has 0 unspecified atom stereocenters. The molecule has 0 aliphatic carbocycles. The molecule has 8 nitrogen and oxygen atoms in total. The molecule has 1 saturated heterocycles. The number of hydrogen-bond acceptors (Lipinski definition) is 4. The van der Waals surface area contributed by atoms with E-state index in [1.165, 1.54) is 14.8 Å². The first-order valence-corrected chi connectivity index (χ1v) is 11.8. The van der Waals surface area contributed by atoms with Gasteiger partial charge in [0.15, 0.2) is 0 Å². The summed E-state index contributed by atoms with van der Waals surface area (Å²) in [6.45, 7) is 1.00. The summed E-state index contributed by atoms with van der Waals surface area (Å²) >= 11 is -2.23. The van der Waals surface area contributed by atoms with Crippen molar-refractivity contribution < 1.29 is 23.6 Å². The van der Waals surface area contributed by atoms with Crippen LogP contribution in [0.3, 0.4) is 0 Å². The molecule has 1 aromatic rings. The Kier molecular flexibility index (Phi) is 6.28. The predicted molar refractivity (Wildman–Crippen MR) is 100 cm³/mol. The van der Waals surface area contributed by atoms with Crippen molar-refractivity contribution in [1.29, 1.82) is 0 Å². The molecular weight excluding hydrogens is 470 g/mol. The van der Waals surface area contributed by atoms with Gasteiger partial charge in [-0.3, -0.25) is 0 Å². The summed E-state index contributed by atoms with van der Waals surface area (Å²) in [6, 6.07) is 8.34. The van der Waals surface area contributed by atoms with Crippen molar-refractivity contribution in [1.82, 2.24) is 18.0 Å². The number of nitrogens with zero attached hydrogens (tertiary/aromatic N) is 3. The molecule has 0 aromatic heterocycles. The molecule has 1 N–H and O–H groups in total. The van der Waals surface area contributed by atoms with Gasteiger partial charge in [-0.1, -0.05) is 0 Å². The summed E-state index contributed by atoms with van der Waals surface area (Å²) < 4.78 is 15.1. The van der Waals surface area contributed by atoms with Crippen LogP contribution in [0.4, 0.5) is 9.18 Å². The number of allylic oxidation sites excluding steroid dienone is 1. The van der Waals surface area contributed by atoms with Gasteiger partial charge in [0, 0.05) is 0 Å². The first kappa shape index (κ1) is 20.2. The molecule has 0 radical (unpaired) electrons. The van der Waals surface area contributed by atoms with Gasteiger partial charge in [-0.2, -0.15) is 0 Å². The number of rotatable bonds is 3. The van der Waals surface area contributed by atoms with E-state index < -0.39 is 46.3 Å². The van der Waals surface area contributed by atoms with Crippen LogP contribution in [-0.2, 0) is 9.59 Å². The fourth-order valence-corrected chi connectivity index (χ4v) is 6.31. The monoisotopic (exact) mass is 488 g/mol. The molecule has 144 valence electrons. The number of ketones is 1. The summed E-state index contributed by atoms with van der Waals surface area (Å²) in [6.07, 6.45) is 0.983. The van der Waals surface area contributed by atoms with Crippen molar-refractivity contribution in [2.24, 2.45) is 0 Å². The number of carbonyl (C=O) groups excluding carboxylic acids is 4. The SMILES string of the molecule is CNC(=O)[N]1C=C(F)[C](C(=O)C(=O)N2CCN(C(=O)c3ccccc3)CC2)=[In]1. The normalized spacial score (nSPS) is 16.1. The predicted octanol–water partition coefficient (Wildman–Crippen LogP) is -0.202. The van der Waals surface area contributed by atoms with Gasteiger partial charge in [0.2, 0.25) is 0 Å². The molecule has 1 aromatic carbocycles. The minimum atomic E-state index is -2.23. The molecule has 2 heterocycles. The van der Waals surface area contributed by atoms with Gasteiger partial charge in [0.25, 0.3) is 0 Å². The van der Waals surface area contributed by atoms with Gasteiger partial charge in [0.1, 0.15) is 0 Å². The third-order valence-electron chi connectivity index (χ3n) is 4.54. The fourth-order valence-electron chi connectivity index (χ4n) is 2.98. The van der Waals surface area contributed by atoms with E-state index in [2.05, 4.69) is 5.32 Å². The molecule has 10 heteroatoms. The number of benzene rings is 1. The molecule has 0 saturated carbocycles. The topological polar surface area (TPSA) is 90.0 Å². The maximum absolute atomic E-state index is 14.1. The molecule has 0 atom stereocenters. The number of Topliss-reactive ketones (excluding diaryl/α,β-unsaturated/α-hetero) is 1. The Hall–Kier alpha value is -2.49. The number of hydrogen-bond donors (Lipinski definition) is 1. The van der Waals surface area contributed by atoms with Crippen LogP contribution in [0.1, 0.15) is 10.4 Å². The van der Waals surface area contributed by atoms with Crippen LogP contribution < -0.4 is 5.32 Å². The minimum absolute atomic E-state index is 0.130. The number of amides is 4. The van der Waals surface area contributed by atoms with E-state index >= 15 is 0 Å². The Morgan fingerprint density at radius 3 is 2.21 bits per heavy atom. The first-order valence-electron chi connectivity index (χ1n) is 8.70. The number of carbonyl (C=O) groups is 4. The third-order valence-corrected chi connectivity index (χ3v) is 8.70. The number of piperazine rings is 1. The van der Waals surface area contributed by atoms with Crippen LogP contribution >= 0.6 is 0 Å². The Bertz CT molecular complexity index is 879. The van der Waals surface area contributed by atoms with Gasteiger partial charge in [-0.15, -0.1) is 0 Å². The van der Waals surface area contributed by atoms with Crippen LogP contribution in [0.15, 0.2) is 42.4 Å². The van der Waals surface area contributed by atoms with Crippen LogP contribution in [0.2, 0.25) is 0 Å².